The molecule has 0 bridgehead atoms. The molecule has 0 aromatic rings. The van der Waals surface area contributed by atoms with E-state index in [2.05, 4.69) is 0 Å². The van der Waals surface area contributed by atoms with Crippen molar-refractivity contribution in [3.8, 4) is 0 Å². The molecule has 1 saturated carbocycles. The average molecular weight is 283 g/mol. The molecule has 0 radical (unpaired) electrons. The molecule has 2 aliphatic rings. The quantitative estimate of drug-likeness (QED) is 0.846. The van der Waals surface area contributed by atoms with Crippen LogP contribution in [0.25, 0.3) is 0 Å². The molecule has 20 heavy (non-hydrogen) atoms. The van der Waals surface area contributed by atoms with Crippen LogP contribution in [0.2, 0.25) is 0 Å². The Morgan fingerprint density at radius 3 is 2.55 bits per heavy atom. The molecule has 112 valence electrons. The van der Waals surface area contributed by atoms with Crippen LogP contribution in [0.5, 0.6) is 0 Å². The van der Waals surface area contributed by atoms with Gasteiger partial charge in [-0.1, -0.05) is 19.3 Å². The number of carbonyl (C=O) groups is 2. The minimum Gasteiger partial charge on any atom is -0.494 e. The van der Waals surface area contributed by atoms with Crippen molar-refractivity contribution in [1.29, 1.82) is 0 Å². The van der Waals surface area contributed by atoms with E-state index in [1.807, 2.05) is 0 Å². The first-order valence-corrected chi connectivity index (χ1v) is 7.00. The van der Waals surface area contributed by atoms with Crippen LogP contribution in [0.15, 0.2) is 12.0 Å². The first kappa shape index (κ1) is 14.7. The van der Waals surface area contributed by atoms with Gasteiger partial charge in [0.05, 0.1) is 12.0 Å². The summed E-state index contributed by atoms with van der Waals surface area (Å²) in [4.78, 5) is 25.2. The Hall–Kier alpha value is -1.72. The highest BCUT2D eigenvalue weighted by atomic mass is 16.6. The number of aliphatic carboxylic acids is 1. The fraction of sp³-hybridized carbons (Fsp3) is 0.714. The second kappa shape index (κ2) is 6.15. The van der Waals surface area contributed by atoms with Gasteiger partial charge in [0.25, 0.3) is 5.91 Å². The summed E-state index contributed by atoms with van der Waals surface area (Å²) >= 11 is 0. The minimum atomic E-state index is -0.874. The predicted octanol–water partition coefficient (Wildman–Crippen LogP) is 1.51. The highest BCUT2D eigenvalue weighted by Crippen LogP contribution is 2.36. The maximum Gasteiger partial charge on any atom is 0.305 e. The van der Waals surface area contributed by atoms with E-state index < -0.39 is 11.5 Å². The molecular formula is C14H21NO5. The highest BCUT2D eigenvalue weighted by Gasteiger charge is 2.41. The summed E-state index contributed by atoms with van der Waals surface area (Å²) in [6, 6.07) is 0. The summed E-state index contributed by atoms with van der Waals surface area (Å²) in [6.07, 6.45) is 5.71. The van der Waals surface area contributed by atoms with Crippen LogP contribution in [0.1, 0.15) is 38.5 Å². The number of nitrogens with zero attached hydrogens (tertiary/aromatic N) is 1. The molecule has 0 spiro atoms. The summed E-state index contributed by atoms with van der Waals surface area (Å²) in [6.45, 7) is 0.776. The molecular weight excluding hydrogens is 262 g/mol. The first-order valence-electron chi connectivity index (χ1n) is 7.00. The smallest absolute Gasteiger partial charge is 0.305 e. The summed E-state index contributed by atoms with van der Waals surface area (Å²) in [7, 11) is 1.66. The maximum atomic E-state index is 12.4. The molecule has 0 unspecified atom stereocenters. The van der Waals surface area contributed by atoms with Crippen molar-refractivity contribution in [2.75, 3.05) is 20.3 Å². The molecule has 1 amide bonds. The molecule has 1 aliphatic heterocycles. The van der Waals surface area contributed by atoms with Gasteiger partial charge < -0.3 is 19.5 Å². The van der Waals surface area contributed by atoms with E-state index in [0.29, 0.717) is 13.2 Å². The van der Waals surface area contributed by atoms with Crippen molar-refractivity contribution in [2.45, 2.75) is 44.1 Å². The lowest BCUT2D eigenvalue weighted by atomic mass is 9.78. The van der Waals surface area contributed by atoms with Crippen molar-refractivity contribution >= 4 is 11.9 Å². The van der Waals surface area contributed by atoms with E-state index >= 15 is 0 Å². The van der Waals surface area contributed by atoms with Gasteiger partial charge in [0.1, 0.15) is 19.5 Å². The summed E-state index contributed by atoms with van der Waals surface area (Å²) in [5.74, 6) is -1.01. The molecule has 0 aromatic carbocycles. The van der Waals surface area contributed by atoms with Crippen molar-refractivity contribution in [2.24, 2.45) is 0 Å². The van der Waals surface area contributed by atoms with Crippen molar-refractivity contribution in [3.05, 3.63) is 12.0 Å². The van der Waals surface area contributed by atoms with Crippen LogP contribution < -0.4 is 0 Å². The Morgan fingerprint density at radius 1 is 1.30 bits per heavy atom. The third kappa shape index (κ3) is 3.05. The Morgan fingerprint density at radius 2 is 2.00 bits per heavy atom. The minimum absolute atomic E-state index is 0.0244. The average Bonchev–Trinajstić information content (AvgIpc) is 2.47. The number of carboxylic acid groups (broad SMARTS) is 1. The van der Waals surface area contributed by atoms with E-state index in [-0.39, 0.29) is 18.1 Å². The van der Waals surface area contributed by atoms with Crippen LogP contribution in [0, 0.1) is 0 Å². The SMILES string of the molecule is CN(C(=O)C1=COCCO1)C1(CC(=O)O)CCCCC1. The number of likely N-dealkylation sites (N-methyl/N-ethyl adjacent to an activating group) is 1. The van der Waals surface area contributed by atoms with Crippen molar-refractivity contribution < 1.29 is 24.2 Å². The number of amides is 1. The second-order valence-electron chi connectivity index (χ2n) is 5.42. The molecule has 1 fully saturated rings. The molecule has 6 heteroatoms. The number of hydrogen-bond donors (Lipinski definition) is 1. The van der Waals surface area contributed by atoms with Gasteiger partial charge in [-0.15, -0.1) is 0 Å². The molecule has 0 saturated heterocycles. The third-order valence-corrected chi connectivity index (χ3v) is 4.14. The Bertz CT molecular complexity index is 412. The highest BCUT2D eigenvalue weighted by molar-refractivity contribution is 5.92. The van der Waals surface area contributed by atoms with E-state index in [9.17, 15) is 9.59 Å². The number of rotatable bonds is 4. The van der Waals surface area contributed by atoms with E-state index in [0.717, 1.165) is 32.1 Å². The van der Waals surface area contributed by atoms with Gasteiger partial charge in [-0.25, -0.2) is 0 Å². The van der Waals surface area contributed by atoms with Gasteiger partial charge in [0.15, 0.2) is 0 Å². The zero-order chi connectivity index (χ0) is 14.6. The van der Waals surface area contributed by atoms with Gasteiger partial charge in [-0.05, 0) is 12.8 Å². The summed E-state index contributed by atoms with van der Waals surface area (Å²) in [5.41, 5.74) is -0.608. The summed E-state index contributed by atoms with van der Waals surface area (Å²) in [5, 5.41) is 9.16. The topological polar surface area (TPSA) is 76.1 Å². The number of ether oxygens (including phenoxy) is 2. The Balaban J connectivity index is 2.16. The number of carboxylic acids is 1. The largest absolute Gasteiger partial charge is 0.494 e. The molecule has 6 nitrogen and oxygen atoms in total. The van der Waals surface area contributed by atoms with E-state index in [1.165, 1.54) is 6.26 Å². The molecule has 0 aromatic heterocycles. The fourth-order valence-electron chi connectivity index (χ4n) is 2.98. The fourth-order valence-corrected chi connectivity index (χ4v) is 2.98. The molecule has 1 N–H and O–H groups in total. The zero-order valence-electron chi connectivity index (χ0n) is 11.8. The lowest BCUT2D eigenvalue weighted by Gasteiger charge is -2.44. The second-order valence-corrected chi connectivity index (χ2v) is 5.42. The Labute approximate surface area is 118 Å². The van der Waals surface area contributed by atoms with Gasteiger partial charge >= 0.3 is 5.97 Å². The van der Waals surface area contributed by atoms with Crippen molar-refractivity contribution in [3.63, 3.8) is 0 Å². The Kier molecular flexibility index (Phi) is 4.52. The van der Waals surface area contributed by atoms with E-state index in [4.69, 9.17) is 14.6 Å². The van der Waals surface area contributed by atoms with E-state index in [1.54, 1.807) is 11.9 Å². The van der Waals surface area contributed by atoms with Crippen LogP contribution in [-0.2, 0) is 19.1 Å². The molecule has 1 heterocycles. The van der Waals surface area contributed by atoms with Crippen LogP contribution in [-0.4, -0.2) is 47.7 Å². The number of hydrogen-bond acceptors (Lipinski definition) is 4. The third-order valence-electron chi connectivity index (χ3n) is 4.14. The predicted molar refractivity (Wildman–Crippen MR) is 70.8 cm³/mol. The van der Waals surface area contributed by atoms with Crippen LogP contribution >= 0.6 is 0 Å². The lowest BCUT2D eigenvalue weighted by Crippen LogP contribution is -2.52. The summed E-state index contributed by atoms with van der Waals surface area (Å²) < 4.78 is 10.4. The monoisotopic (exact) mass is 283 g/mol. The normalized spacial score (nSPS) is 21.1. The zero-order valence-corrected chi connectivity index (χ0v) is 11.8. The molecule has 1 aliphatic carbocycles. The van der Waals surface area contributed by atoms with Crippen molar-refractivity contribution in [1.82, 2.24) is 4.90 Å². The van der Waals surface area contributed by atoms with Gasteiger partial charge in [0.2, 0.25) is 5.76 Å². The van der Waals surface area contributed by atoms with Crippen LogP contribution in [0.3, 0.4) is 0 Å². The van der Waals surface area contributed by atoms with Gasteiger partial charge in [-0.3, -0.25) is 9.59 Å². The van der Waals surface area contributed by atoms with Crippen LogP contribution in [0.4, 0.5) is 0 Å². The standard InChI is InChI=1S/C14H21NO5/c1-15(13(18)11-10-19-7-8-20-11)14(9-12(16)17)5-3-2-4-6-14/h10H,2-9H2,1H3,(H,16,17). The first-order chi connectivity index (χ1) is 9.55. The van der Waals surface area contributed by atoms with Gasteiger partial charge in [0, 0.05) is 7.05 Å². The molecule has 0 atom stereocenters. The van der Waals surface area contributed by atoms with Gasteiger partial charge in [-0.2, -0.15) is 0 Å². The maximum absolute atomic E-state index is 12.4. The lowest BCUT2D eigenvalue weighted by molar-refractivity contribution is -0.146. The number of carbonyl (C=O) groups excluding carboxylic acids is 1. The molecule has 2 rings (SSSR count).